The van der Waals surface area contributed by atoms with Gasteiger partial charge in [-0.05, 0) is 27.6 Å². The zero-order valence-corrected chi connectivity index (χ0v) is 9.25. The zero-order valence-electron chi connectivity index (χ0n) is 7.66. The maximum atomic E-state index is 12.3. The molecule has 4 nitrogen and oxygen atoms in total. The fourth-order valence-electron chi connectivity index (χ4n) is 1.05. The fourth-order valence-corrected chi connectivity index (χ4v) is 1.44. The summed E-state index contributed by atoms with van der Waals surface area (Å²) < 4.78 is 36.9. The van der Waals surface area contributed by atoms with Crippen LogP contribution in [-0.4, -0.2) is 11.1 Å². The molecule has 0 saturated carbocycles. The van der Waals surface area contributed by atoms with Crippen LogP contribution in [0.25, 0.3) is 0 Å². The Bertz CT molecular complexity index is 422. The average molecular weight is 299 g/mol. The standard InChI is InChI=1S/C8H6BrF3N2O2/c9-5-2-1-4(3-6(5)14(15)16)7(13)8(10,11)12/h1-3,7H,13H2/t7-/m1/s1. The van der Waals surface area contributed by atoms with Gasteiger partial charge in [0.05, 0.1) is 9.40 Å². The minimum Gasteiger partial charge on any atom is -0.316 e. The number of nitro benzene ring substituents is 1. The van der Waals surface area contributed by atoms with Crippen LogP contribution in [-0.2, 0) is 0 Å². The highest BCUT2D eigenvalue weighted by Gasteiger charge is 2.38. The number of halogens is 4. The quantitative estimate of drug-likeness (QED) is 0.674. The molecule has 0 aliphatic heterocycles. The SMILES string of the molecule is N[C@H](c1ccc(Br)c([N+](=O)[O-])c1)C(F)(F)F. The third-order valence-electron chi connectivity index (χ3n) is 1.88. The maximum absolute atomic E-state index is 12.3. The van der Waals surface area contributed by atoms with Crippen LogP contribution in [0.2, 0.25) is 0 Å². The topological polar surface area (TPSA) is 69.2 Å². The van der Waals surface area contributed by atoms with Gasteiger partial charge in [-0.1, -0.05) is 6.07 Å². The van der Waals surface area contributed by atoms with Gasteiger partial charge in [0.1, 0.15) is 6.04 Å². The molecule has 0 aromatic heterocycles. The van der Waals surface area contributed by atoms with E-state index in [1.807, 2.05) is 0 Å². The maximum Gasteiger partial charge on any atom is 0.407 e. The summed E-state index contributed by atoms with van der Waals surface area (Å²) in [6, 6.07) is 0.843. The number of nitrogens with zero attached hydrogens (tertiary/aromatic N) is 1. The van der Waals surface area contributed by atoms with E-state index in [9.17, 15) is 23.3 Å². The number of nitrogens with two attached hydrogens (primary N) is 1. The van der Waals surface area contributed by atoms with Crippen molar-refractivity contribution in [1.29, 1.82) is 0 Å². The van der Waals surface area contributed by atoms with E-state index in [-0.39, 0.29) is 10.0 Å². The Labute approximate surface area is 96.5 Å². The van der Waals surface area contributed by atoms with E-state index >= 15 is 0 Å². The van der Waals surface area contributed by atoms with Crippen molar-refractivity contribution in [2.75, 3.05) is 0 Å². The third kappa shape index (κ3) is 2.70. The highest BCUT2D eigenvalue weighted by Crippen LogP contribution is 2.34. The molecule has 2 N–H and O–H groups in total. The average Bonchev–Trinajstić information content (AvgIpc) is 2.15. The van der Waals surface area contributed by atoms with E-state index < -0.39 is 22.8 Å². The van der Waals surface area contributed by atoms with Crippen LogP contribution in [0.5, 0.6) is 0 Å². The largest absolute Gasteiger partial charge is 0.407 e. The van der Waals surface area contributed by atoms with Crippen LogP contribution in [0, 0.1) is 10.1 Å². The second-order valence-electron chi connectivity index (χ2n) is 2.99. The molecule has 0 unspecified atom stereocenters. The predicted octanol–water partition coefficient (Wildman–Crippen LogP) is 2.92. The molecule has 0 bridgehead atoms. The van der Waals surface area contributed by atoms with Gasteiger partial charge in [-0.2, -0.15) is 13.2 Å². The molecule has 16 heavy (non-hydrogen) atoms. The highest BCUT2D eigenvalue weighted by atomic mass is 79.9. The summed E-state index contributed by atoms with van der Waals surface area (Å²) in [5.74, 6) is 0. The summed E-state index contributed by atoms with van der Waals surface area (Å²) in [6.45, 7) is 0. The van der Waals surface area contributed by atoms with Crippen molar-refractivity contribution in [2.24, 2.45) is 5.73 Å². The van der Waals surface area contributed by atoms with E-state index in [0.29, 0.717) is 0 Å². The first-order chi connectivity index (χ1) is 7.23. The molecule has 88 valence electrons. The lowest BCUT2D eigenvalue weighted by molar-refractivity contribution is -0.385. The van der Waals surface area contributed by atoms with Gasteiger partial charge in [0.2, 0.25) is 0 Å². The number of hydrogen-bond acceptors (Lipinski definition) is 3. The van der Waals surface area contributed by atoms with Gasteiger partial charge in [-0.15, -0.1) is 0 Å². The van der Waals surface area contributed by atoms with Crippen LogP contribution in [0.1, 0.15) is 11.6 Å². The number of rotatable bonds is 2. The molecule has 0 radical (unpaired) electrons. The molecular weight excluding hydrogens is 293 g/mol. The van der Waals surface area contributed by atoms with Crippen molar-refractivity contribution >= 4 is 21.6 Å². The Kier molecular flexibility index (Phi) is 3.54. The Morgan fingerprint density at radius 3 is 2.44 bits per heavy atom. The first-order valence-electron chi connectivity index (χ1n) is 3.99. The van der Waals surface area contributed by atoms with Gasteiger partial charge in [-0.3, -0.25) is 10.1 Å². The smallest absolute Gasteiger partial charge is 0.316 e. The molecule has 1 aromatic rings. The normalized spacial score (nSPS) is 13.6. The fraction of sp³-hybridized carbons (Fsp3) is 0.250. The molecule has 0 aliphatic rings. The Morgan fingerprint density at radius 2 is 2.00 bits per heavy atom. The molecule has 0 spiro atoms. The first kappa shape index (κ1) is 12.9. The van der Waals surface area contributed by atoms with Crippen molar-refractivity contribution in [3.8, 4) is 0 Å². The summed E-state index contributed by atoms with van der Waals surface area (Å²) in [5.41, 5.74) is 4.14. The van der Waals surface area contributed by atoms with E-state index in [0.717, 1.165) is 12.1 Å². The Balaban J connectivity index is 3.18. The molecule has 8 heteroatoms. The molecule has 1 rings (SSSR count). The van der Waals surface area contributed by atoms with Gasteiger partial charge < -0.3 is 5.73 Å². The van der Waals surface area contributed by atoms with Crippen molar-refractivity contribution < 1.29 is 18.1 Å². The van der Waals surface area contributed by atoms with E-state index in [2.05, 4.69) is 15.9 Å². The lowest BCUT2D eigenvalue weighted by Crippen LogP contribution is -2.28. The van der Waals surface area contributed by atoms with Crippen molar-refractivity contribution in [1.82, 2.24) is 0 Å². The number of benzene rings is 1. The van der Waals surface area contributed by atoms with Crippen LogP contribution in [0.15, 0.2) is 22.7 Å². The summed E-state index contributed by atoms with van der Waals surface area (Å²) in [6.07, 6.45) is -4.62. The van der Waals surface area contributed by atoms with Gasteiger partial charge in [0.15, 0.2) is 0 Å². The van der Waals surface area contributed by atoms with Crippen molar-refractivity contribution in [2.45, 2.75) is 12.2 Å². The lowest BCUT2D eigenvalue weighted by Gasteiger charge is -2.15. The van der Waals surface area contributed by atoms with Crippen LogP contribution in [0.4, 0.5) is 18.9 Å². The molecule has 0 aliphatic carbocycles. The molecule has 1 atom stereocenters. The molecule has 0 amide bonds. The van der Waals surface area contributed by atoms with Gasteiger partial charge in [0.25, 0.3) is 5.69 Å². The molecule has 0 heterocycles. The highest BCUT2D eigenvalue weighted by molar-refractivity contribution is 9.10. The van der Waals surface area contributed by atoms with E-state index in [1.54, 1.807) is 0 Å². The number of alkyl halides is 3. The minimum absolute atomic E-state index is 0.107. The second-order valence-corrected chi connectivity index (χ2v) is 3.84. The molecule has 0 saturated heterocycles. The monoisotopic (exact) mass is 298 g/mol. The third-order valence-corrected chi connectivity index (χ3v) is 2.55. The van der Waals surface area contributed by atoms with Gasteiger partial charge >= 0.3 is 6.18 Å². The minimum atomic E-state index is -4.62. The summed E-state index contributed by atoms with van der Waals surface area (Å²) in [5, 5.41) is 10.5. The van der Waals surface area contributed by atoms with Crippen LogP contribution < -0.4 is 5.73 Å². The van der Waals surface area contributed by atoms with Crippen LogP contribution in [0.3, 0.4) is 0 Å². The van der Waals surface area contributed by atoms with Gasteiger partial charge in [0, 0.05) is 6.07 Å². The van der Waals surface area contributed by atoms with Crippen LogP contribution >= 0.6 is 15.9 Å². The van der Waals surface area contributed by atoms with E-state index in [1.165, 1.54) is 6.07 Å². The van der Waals surface area contributed by atoms with Crippen molar-refractivity contribution in [3.05, 3.63) is 38.3 Å². The van der Waals surface area contributed by atoms with Gasteiger partial charge in [-0.25, -0.2) is 0 Å². The Morgan fingerprint density at radius 1 is 1.44 bits per heavy atom. The number of nitro groups is 1. The lowest BCUT2D eigenvalue weighted by atomic mass is 10.1. The summed E-state index contributed by atoms with van der Waals surface area (Å²) in [7, 11) is 0. The summed E-state index contributed by atoms with van der Waals surface area (Å²) in [4.78, 5) is 9.72. The first-order valence-corrected chi connectivity index (χ1v) is 4.79. The molecule has 1 aromatic carbocycles. The molecular formula is C8H6BrF3N2O2. The Hall–Kier alpha value is -1.15. The zero-order chi connectivity index (χ0) is 12.5. The molecule has 0 fully saturated rings. The van der Waals surface area contributed by atoms with E-state index in [4.69, 9.17) is 5.73 Å². The second kappa shape index (κ2) is 4.38. The summed E-state index contributed by atoms with van der Waals surface area (Å²) >= 11 is 2.87. The predicted molar refractivity (Wildman–Crippen MR) is 53.8 cm³/mol. The van der Waals surface area contributed by atoms with Crippen molar-refractivity contribution in [3.63, 3.8) is 0 Å². The number of hydrogen-bond donors (Lipinski definition) is 1.